The molecule has 0 radical (unpaired) electrons. The Balaban J connectivity index is 2.62. The van der Waals surface area contributed by atoms with Gasteiger partial charge in [0.15, 0.2) is 0 Å². The maximum absolute atomic E-state index is 11.8. The zero-order valence-electron chi connectivity index (χ0n) is 12.4. The Labute approximate surface area is 116 Å². The summed E-state index contributed by atoms with van der Waals surface area (Å²) in [5.74, 6) is 0.543. The second-order valence-corrected chi connectivity index (χ2v) is 5.21. The fraction of sp³-hybridized carbons (Fsp3) is 0.533. The van der Waals surface area contributed by atoms with Gasteiger partial charge in [-0.25, -0.2) is 0 Å². The number of benzene rings is 1. The second kappa shape index (κ2) is 7.79. The van der Waals surface area contributed by atoms with E-state index < -0.39 is 0 Å². The van der Waals surface area contributed by atoms with Crippen LogP contribution in [0.4, 0.5) is 5.69 Å². The fourth-order valence-corrected chi connectivity index (χ4v) is 1.90. The van der Waals surface area contributed by atoms with E-state index in [9.17, 15) is 4.79 Å². The third-order valence-electron chi connectivity index (χ3n) is 2.86. The lowest BCUT2D eigenvalue weighted by Gasteiger charge is -2.22. The molecule has 0 saturated heterocycles. The lowest BCUT2D eigenvalue weighted by Crippen LogP contribution is -2.37. The highest BCUT2D eigenvalue weighted by atomic mass is 16.2. The van der Waals surface area contributed by atoms with Gasteiger partial charge < -0.3 is 15.5 Å². The molecule has 1 aromatic carbocycles. The molecule has 0 saturated carbocycles. The molecular formula is C15H25N3O. The van der Waals surface area contributed by atoms with E-state index in [4.69, 9.17) is 0 Å². The highest BCUT2D eigenvalue weighted by Crippen LogP contribution is 2.18. The Hall–Kier alpha value is -1.55. The van der Waals surface area contributed by atoms with Crippen molar-refractivity contribution in [1.82, 2.24) is 10.6 Å². The van der Waals surface area contributed by atoms with Gasteiger partial charge in [0.05, 0.1) is 6.54 Å². The van der Waals surface area contributed by atoms with Gasteiger partial charge in [0.25, 0.3) is 0 Å². The number of carbonyl (C=O) groups excluding carboxylic acids is 1. The monoisotopic (exact) mass is 263 g/mol. The fourth-order valence-electron chi connectivity index (χ4n) is 1.90. The van der Waals surface area contributed by atoms with Gasteiger partial charge in [-0.1, -0.05) is 32.0 Å². The minimum Gasteiger partial charge on any atom is -0.365 e. The summed E-state index contributed by atoms with van der Waals surface area (Å²) in [5.41, 5.74) is 2.29. The summed E-state index contributed by atoms with van der Waals surface area (Å²) in [6.45, 7) is 6.09. The quantitative estimate of drug-likeness (QED) is 0.785. The number of nitrogens with zero attached hydrogens (tertiary/aromatic N) is 1. The van der Waals surface area contributed by atoms with E-state index in [0.717, 1.165) is 18.8 Å². The lowest BCUT2D eigenvalue weighted by molar-refractivity contribution is -0.119. The molecule has 4 nitrogen and oxygen atoms in total. The molecule has 0 aromatic heterocycles. The third-order valence-corrected chi connectivity index (χ3v) is 2.86. The molecule has 0 unspecified atom stereocenters. The van der Waals surface area contributed by atoms with Crippen molar-refractivity contribution in [2.45, 2.75) is 20.4 Å². The van der Waals surface area contributed by atoms with Crippen LogP contribution in [0.5, 0.6) is 0 Å². The first-order valence-electron chi connectivity index (χ1n) is 6.75. The average molecular weight is 263 g/mol. The Kier molecular flexibility index (Phi) is 6.36. The van der Waals surface area contributed by atoms with Crippen LogP contribution < -0.4 is 15.5 Å². The van der Waals surface area contributed by atoms with Crippen LogP contribution in [0.1, 0.15) is 19.4 Å². The van der Waals surface area contributed by atoms with Crippen LogP contribution in [0.3, 0.4) is 0 Å². The van der Waals surface area contributed by atoms with Gasteiger partial charge in [-0.05, 0) is 24.6 Å². The van der Waals surface area contributed by atoms with E-state index in [2.05, 4.69) is 30.5 Å². The number of hydrogen-bond donors (Lipinski definition) is 2. The number of para-hydroxylation sites is 1. The Morgan fingerprint density at radius 3 is 2.63 bits per heavy atom. The highest BCUT2D eigenvalue weighted by Gasteiger charge is 2.10. The molecule has 0 spiro atoms. The van der Waals surface area contributed by atoms with Crippen molar-refractivity contribution >= 4 is 11.6 Å². The topological polar surface area (TPSA) is 44.4 Å². The third kappa shape index (κ3) is 5.30. The average Bonchev–Trinajstić information content (AvgIpc) is 2.37. The first-order chi connectivity index (χ1) is 9.04. The maximum atomic E-state index is 11.8. The van der Waals surface area contributed by atoms with Crippen molar-refractivity contribution in [2.24, 2.45) is 5.92 Å². The van der Waals surface area contributed by atoms with Crippen molar-refractivity contribution in [1.29, 1.82) is 0 Å². The maximum Gasteiger partial charge on any atom is 0.239 e. The number of hydrogen-bond acceptors (Lipinski definition) is 3. The first kappa shape index (κ1) is 15.5. The summed E-state index contributed by atoms with van der Waals surface area (Å²) in [6, 6.07) is 8.14. The van der Waals surface area contributed by atoms with E-state index in [1.807, 2.05) is 37.2 Å². The molecule has 19 heavy (non-hydrogen) atoms. The van der Waals surface area contributed by atoms with Crippen LogP contribution in [0, 0.1) is 5.92 Å². The zero-order chi connectivity index (χ0) is 14.3. The zero-order valence-corrected chi connectivity index (χ0v) is 12.4. The summed E-state index contributed by atoms with van der Waals surface area (Å²) in [4.78, 5) is 13.8. The molecule has 4 heteroatoms. The molecule has 0 aliphatic carbocycles. The number of amides is 1. The standard InChI is InChI=1S/C15H25N3O/c1-12(2)9-17-15(19)11-18(4)14-8-6-5-7-13(14)10-16-3/h5-8,12,16H,9-11H2,1-4H3,(H,17,19). The number of nitrogens with one attached hydrogen (secondary N) is 2. The van der Waals surface area contributed by atoms with Crippen molar-refractivity contribution < 1.29 is 4.79 Å². The summed E-state index contributed by atoms with van der Waals surface area (Å²) < 4.78 is 0. The molecule has 0 atom stereocenters. The smallest absolute Gasteiger partial charge is 0.239 e. The predicted molar refractivity (Wildman–Crippen MR) is 80.3 cm³/mol. The summed E-state index contributed by atoms with van der Waals surface area (Å²) >= 11 is 0. The van der Waals surface area contributed by atoms with E-state index in [1.165, 1.54) is 5.56 Å². The van der Waals surface area contributed by atoms with Crippen LogP contribution in [0.2, 0.25) is 0 Å². The molecular weight excluding hydrogens is 238 g/mol. The number of anilines is 1. The minimum absolute atomic E-state index is 0.0652. The Morgan fingerprint density at radius 2 is 2.00 bits per heavy atom. The SMILES string of the molecule is CNCc1ccccc1N(C)CC(=O)NCC(C)C. The number of likely N-dealkylation sites (N-methyl/N-ethyl adjacent to an activating group) is 1. The van der Waals surface area contributed by atoms with Crippen LogP contribution in [0.25, 0.3) is 0 Å². The van der Waals surface area contributed by atoms with Gasteiger partial charge in [-0.3, -0.25) is 4.79 Å². The van der Waals surface area contributed by atoms with Gasteiger partial charge >= 0.3 is 0 Å². The van der Waals surface area contributed by atoms with E-state index >= 15 is 0 Å². The summed E-state index contributed by atoms with van der Waals surface area (Å²) in [5, 5.41) is 6.08. The Morgan fingerprint density at radius 1 is 1.32 bits per heavy atom. The number of rotatable bonds is 7. The first-order valence-corrected chi connectivity index (χ1v) is 6.75. The molecule has 0 heterocycles. The lowest BCUT2D eigenvalue weighted by atomic mass is 10.1. The molecule has 1 rings (SSSR count). The van der Waals surface area contributed by atoms with Gasteiger partial charge in [0.1, 0.15) is 0 Å². The van der Waals surface area contributed by atoms with Crippen LogP contribution >= 0.6 is 0 Å². The van der Waals surface area contributed by atoms with Crippen molar-refractivity contribution in [2.75, 3.05) is 32.1 Å². The summed E-state index contributed by atoms with van der Waals surface area (Å²) in [6.07, 6.45) is 0. The van der Waals surface area contributed by atoms with Crippen LogP contribution in [-0.2, 0) is 11.3 Å². The molecule has 106 valence electrons. The molecule has 1 aromatic rings. The highest BCUT2D eigenvalue weighted by molar-refractivity contribution is 5.81. The van der Waals surface area contributed by atoms with E-state index in [1.54, 1.807) is 0 Å². The van der Waals surface area contributed by atoms with Crippen molar-refractivity contribution in [3.8, 4) is 0 Å². The van der Waals surface area contributed by atoms with Gasteiger partial charge in [-0.15, -0.1) is 0 Å². The number of carbonyl (C=O) groups is 1. The molecule has 0 aliphatic rings. The van der Waals surface area contributed by atoms with Crippen molar-refractivity contribution in [3.63, 3.8) is 0 Å². The largest absolute Gasteiger partial charge is 0.365 e. The summed E-state index contributed by atoms with van der Waals surface area (Å²) in [7, 11) is 3.87. The van der Waals surface area contributed by atoms with Crippen molar-refractivity contribution in [3.05, 3.63) is 29.8 Å². The normalized spacial score (nSPS) is 10.6. The van der Waals surface area contributed by atoms with Gasteiger partial charge in [0, 0.05) is 25.8 Å². The van der Waals surface area contributed by atoms with Gasteiger partial charge in [0.2, 0.25) is 5.91 Å². The van der Waals surface area contributed by atoms with E-state index in [0.29, 0.717) is 12.5 Å². The molecule has 0 bridgehead atoms. The second-order valence-electron chi connectivity index (χ2n) is 5.21. The van der Waals surface area contributed by atoms with Crippen LogP contribution in [-0.4, -0.2) is 33.1 Å². The minimum atomic E-state index is 0.0652. The van der Waals surface area contributed by atoms with E-state index in [-0.39, 0.29) is 5.91 Å². The van der Waals surface area contributed by atoms with Gasteiger partial charge in [-0.2, -0.15) is 0 Å². The molecule has 0 fully saturated rings. The van der Waals surface area contributed by atoms with Crippen LogP contribution in [0.15, 0.2) is 24.3 Å². The Bertz CT molecular complexity index is 404. The predicted octanol–water partition coefficient (Wildman–Crippen LogP) is 1.61. The molecule has 0 aliphatic heterocycles. The molecule has 1 amide bonds. The molecule has 2 N–H and O–H groups in total.